The summed E-state index contributed by atoms with van der Waals surface area (Å²) in [6.45, 7) is 0. The third-order valence-corrected chi connectivity index (χ3v) is 7.39. The first kappa shape index (κ1) is 23.5. The molecule has 0 saturated heterocycles. The minimum absolute atomic E-state index is 0.0327. The molecule has 0 aliphatic heterocycles. The van der Waals surface area contributed by atoms with Crippen molar-refractivity contribution in [1.82, 2.24) is 15.6 Å². The molecule has 31 heavy (non-hydrogen) atoms. The van der Waals surface area contributed by atoms with Crippen LogP contribution in [0.2, 0.25) is 10.0 Å². The number of rotatable bonds is 9. The van der Waals surface area contributed by atoms with E-state index in [2.05, 4.69) is 20.7 Å². The summed E-state index contributed by atoms with van der Waals surface area (Å²) in [7, 11) is 0. The summed E-state index contributed by atoms with van der Waals surface area (Å²) in [5.41, 5.74) is 3.71. The van der Waals surface area contributed by atoms with Crippen molar-refractivity contribution < 1.29 is 9.72 Å². The minimum Gasteiger partial charge on any atom is -0.272 e. The van der Waals surface area contributed by atoms with Gasteiger partial charge in [-0.05, 0) is 23.8 Å². The van der Waals surface area contributed by atoms with Crippen molar-refractivity contribution in [1.29, 1.82) is 0 Å². The zero-order valence-electron chi connectivity index (χ0n) is 15.5. The Bertz CT molecular complexity index is 1110. The maximum Gasteiger partial charge on any atom is 0.288 e. The van der Waals surface area contributed by atoms with Crippen LogP contribution < -0.4 is 5.43 Å². The number of hydrazone groups is 1. The number of nitrogens with zero attached hydrogens (tertiary/aromatic N) is 4. The highest BCUT2D eigenvalue weighted by atomic mass is 35.5. The molecule has 1 N–H and O–H groups in total. The zero-order valence-corrected chi connectivity index (χ0v) is 19.5. The number of amides is 1. The normalized spacial score (nSPS) is 11.0. The smallest absolute Gasteiger partial charge is 0.272 e. The molecule has 0 atom stereocenters. The molecule has 0 fully saturated rings. The number of nitro groups is 1. The monoisotopic (exact) mass is 513 g/mol. The van der Waals surface area contributed by atoms with Gasteiger partial charge in [-0.2, -0.15) is 5.10 Å². The van der Waals surface area contributed by atoms with Crippen LogP contribution in [0.15, 0.2) is 56.2 Å². The first-order chi connectivity index (χ1) is 14.9. The molecule has 1 heterocycles. The second kappa shape index (κ2) is 11.4. The van der Waals surface area contributed by atoms with E-state index in [9.17, 15) is 14.9 Å². The molecule has 0 bridgehead atoms. The first-order valence-corrected chi connectivity index (χ1v) is 12.0. The second-order valence-electron chi connectivity index (χ2n) is 5.80. The highest BCUT2D eigenvalue weighted by molar-refractivity contribution is 8.03. The van der Waals surface area contributed by atoms with Crippen LogP contribution >= 0.6 is 58.1 Å². The molecule has 160 valence electrons. The number of hydrogen-bond acceptors (Lipinski definition) is 9. The van der Waals surface area contributed by atoms with Gasteiger partial charge in [0.25, 0.3) is 11.6 Å². The molecule has 0 radical (unpaired) electrons. The molecule has 2 aromatic carbocycles. The molecule has 3 aromatic rings. The number of carbonyl (C=O) groups excluding carboxylic acids is 1. The van der Waals surface area contributed by atoms with E-state index in [-0.39, 0.29) is 22.4 Å². The summed E-state index contributed by atoms with van der Waals surface area (Å²) in [4.78, 5) is 22.3. The highest BCUT2D eigenvalue weighted by Gasteiger charge is 2.12. The second-order valence-corrected chi connectivity index (χ2v) is 10.1. The van der Waals surface area contributed by atoms with Gasteiger partial charge in [0.2, 0.25) is 0 Å². The number of benzene rings is 2. The third kappa shape index (κ3) is 7.47. The minimum atomic E-state index is -0.584. The average Bonchev–Trinajstić information content (AvgIpc) is 3.21. The van der Waals surface area contributed by atoms with Crippen LogP contribution in [0.5, 0.6) is 0 Å². The average molecular weight is 514 g/mol. The van der Waals surface area contributed by atoms with E-state index in [1.165, 1.54) is 41.4 Å². The van der Waals surface area contributed by atoms with Gasteiger partial charge in [0.1, 0.15) is 5.02 Å². The van der Waals surface area contributed by atoms with Crippen LogP contribution in [0.1, 0.15) is 11.1 Å². The maximum atomic E-state index is 11.9. The fraction of sp³-hybridized carbons (Fsp3) is 0.111. The standard InChI is InChI=1S/C18H13Cl2N5O3S3/c19-13-4-1-11(2-5-13)9-29-17-23-24-18(31-17)30-10-16(26)22-21-8-12-3-6-14(20)15(7-12)25(27)28/h1-8H,9-10H2,(H,22,26)/b21-8-. The first-order valence-electron chi connectivity index (χ1n) is 8.50. The molecule has 13 heteroatoms. The molecule has 0 unspecified atom stereocenters. The molecule has 1 amide bonds. The molecule has 3 rings (SSSR count). The largest absolute Gasteiger partial charge is 0.288 e. The fourth-order valence-corrected chi connectivity index (χ4v) is 5.21. The lowest BCUT2D eigenvalue weighted by Crippen LogP contribution is -2.19. The Morgan fingerprint density at radius 3 is 2.58 bits per heavy atom. The Morgan fingerprint density at radius 1 is 1.16 bits per heavy atom. The Balaban J connectivity index is 1.43. The van der Waals surface area contributed by atoms with Crippen LogP contribution in [-0.4, -0.2) is 33.0 Å². The topological polar surface area (TPSA) is 110 Å². The number of halogens is 2. The summed E-state index contributed by atoms with van der Waals surface area (Å²) in [6, 6.07) is 11.8. The molecule has 0 spiro atoms. The van der Waals surface area contributed by atoms with Crippen LogP contribution in [0, 0.1) is 10.1 Å². The van der Waals surface area contributed by atoms with Gasteiger partial charge < -0.3 is 0 Å². The molecule has 0 aliphatic carbocycles. The molecule has 0 aliphatic rings. The SMILES string of the molecule is O=C(CSc1nnc(SCc2ccc(Cl)cc2)s1)N/N=C\c1ccc(Cl)c([N+](=O)[O-])c1. The van der Waals surface area contributed by atoms with E-state index >= 15 is 0 Å². The van der Waals surface area contributed by atoms with Crippen molar-refractivity contribution in [2.75, 3.05) is 5.75 Å². The van der Waals surface area contributed by atoms with Gasteiger partial charge in [0, 0.05) is 22.4 Å². The number of aromatic nitrogens is 2. The Labute approximate surface area is 199 Å². The van der Waals surface area contributed by atoms with Crippen molar-refractivity contribution in [3.05, 3.63) is 73.8 Å². The van der Waals surface area contributed by atoms with E-state index in [1.807, 2.05) is 24.3 Å². The maximum absolute atomic E-state index is 11.9. The van der Waals surface area contributed by atoms with Crippen molar-refractivity contribution in [3.63, 3.8) is 0 Å². The number of nitro benzene ring substituents is 1. The highest BCUT2D eigenvalue weighted by Crippen LogP contribution is 2.31. The Morgan fingerprint density at radius 2 is 1.87 bits per heavy atom. The van der Waals surface area contributed by atoms with Crippen LogP contribution in [-0.2, 0) is 10.5 Å². The molecule has 8 nitrogen and oxygen atoms in total. The summed E-state index contributed by atoms with van der Waals surface area (Å²) in [6.07, 6.45) is 1.31. The van der Waals surface area contributed by atoms with Crippen LogP contribution in [0.3, 0.4) is 0 Å². The van der Waals surface area contributed by atoms with Crippen molar-refractivity contribution in [2.45, 2.75) is 14.4 Å². The van der Waals surface area contributed by atoms with Gasteiger partial charge in [-0.3, -0.25) is 14.9 Å². The van der Waals surface area contributed by atoms with E-state index in [0.29, 0.717) is 14.9 Å². The van der Waals surface area contributed by atoms with Crippen LogP contribution in [0.4, 0.5) is 5.69 Å². The molecular formula is C18H13Cl2N5O3S3. The van der Waals surface area contributed by atoms with Crippen molar-refractivity contribution in [2.24, 2.45) is 5.10 Å². The van der Waals surface area contributed by atoms with Crippen molar-refractivity contribution in [3.8, 4) is 0 Å². The fourth-order valence-electron chi connectivity index (χ4n) is 2.13. The molecule has 0 saturated carbocycles. The summed E-state index contributed by atoms with van der Waals surface area (Å²) in [5, 5.41) is 23.6. The van der Waals surface area contributed by atoms with Crippen molar-refractivity contribution >= 4 is 75.9 Å². The van der Waals surface area contributed by atoms with E-state index < -0.39 is 4.92 Å². The Kier molecular flexibility index (Phi) is 8.67. The summed E-state index contributed by atoms with van der Waals surface area (Å²) < 4.78 is 1.48. The van der Waals surface area contributed by atoms with Gasteiger partial charge in [0.05, 0.1) is 16.9 Å². The molecule has 1 aromatic heterocycles. The predicted molar refractivity (Wildman–Crippen MR) is 125 cm³/mol. The Hall–Kier alpha value is -2.18. The van der Waals surface area contributed by atoms with Gasteiger partial charge in [-0.15, -0.1) is 10.2 Å². The lowest BCUT2D eigenvalue weighted by Gasteiger charge is -1.99. The molecular weight excluding hydrogens is 501 g/mol. The van der Waals surface area contributed by atoms with Gasteiger partial charge in [-0.25, -0.2) is 5.43 Å². The lowest BCUT2D eigenvalue weighted by atomic mass is 10.2. The zero-order chi connectivity index (χ0) is 22.2. The van der Waals surface area contributed by atoms with Gasteiger partial charge in [0.15, 0.2) is 8.68 Å². The third-order valence-electron chi connectivity index (χ3n) is 3.56. The van der Waals surface area contributed by atoms with E-state index in [0.717, 1.165) is 15.7 Å². The number of carbonyl (C=O) groups is 1. The quantitative estimate of drug-likeness (QED) is 0.179. The van der Waals surface area contributed by atoms with E-state index in [1.54, 1.807) is 17.8 Å². The number of nitrogens with one attached hydrogen (secondary N) is 1. The number of hydrogen-bond donors (Lipinski definition) is 1. The van der Waals surface area contributed by atoms with E-state index in [4.69, 9.17) is 23.2 Å². The predicted octanol–water partition coefficient (Wildman–Crippen LogP) is 5.29. The van der Waals surface area contributed by atoms with Gasteiger partial charge in [-0.1, -0.05) is 76.3 Å². The summed E-state index contributed by atoms with van der Waals surface area (Å²) >= 11 is 15.8. The number of thioether (sulfide) groups is 2. The summed E-state index contributed by atoms with van der Waals surface area (Å²) in [5.74, 6) is 0.513. The van der Waals surface area contributed by atoms with Crippen LogP contribution in [0.25, 0.3) is 0 Å². The van der Waals surface area contributed by atoms with Gasteiger partial charge >= 0.3 is 0 Å². The lowest BCUT2D eigenvalue weighted by molar-refractivity contribution is -0.384.